The van der Waals surface area contributed by atoms with Crippen molar-refractivity contribution in [3.8, 4) is 0 Å². The fraction of sp³-hybridized carbons (Fsp3) is 0.471. The number of aliphatic carboxylic acids is 2. The number of benzene rings is 1. The standard InChI is InChI=1S/C17H19NO5/c19-13(20)7-9-1-5-12(6-2-9)18-16(21)14-10-3-4-11(8-10)15(14)17(22)23/h1-2,5-6,10-11,14-15H,3-4,7-8H2,(H,18,21)(H,19,20)(H,22,23). The molecule has 4 unspecified atom stereocenters. The Morgan fingerprint density at radius 1 is 1.00 bits per heavy atom. The molecule has 0 aliphatic heterocycles. The molecule has 4 atom stereocenters. The van der Waals surface area contributed by atoms with Gasteiger partial charge in [0.2, 0.25) is 5.91 Å². The van der Waals surface area contributed by atoms with E-state index in [4.69, 9.17) is 5.11 Å². The minimum absolute atomic E-state index is 0.0678. The molecule has 2 aliphatic carbocycles. The van der Waals surface area contributed by atoms with Gasteiger partial charge in [-0.2, -0.15) is 0 Å². The van der Waals surface area contributed by atoms with Crippen molar-refractivity contribution in [3.63, 3.8) is 0 Å². The molecule has 2 bridgehead atoms. The van der Waals surface area contributed by atoms with Crippen molar-refractivity contribution in [2.75, 3.05) is 5.32 Å². The molecule has 1 amide bonds. The average molecular weight is 317 g/mol. The largest absolute Gasteiger partial charge is 0.481 e. The number of hydrogen-bond acceptors (Lipinski definition) is 3. The van der Waals surface area contributed by atoms with Crippen LogP contribution < -0.4 is 5.32 Å². The number of amides is 1. The summed E-state index contributed by atoms with van der Waals surface area (Å²) in [6.45, 7) is 0. The predicted octanol–water partition coefficient (Wildman–Crippen LogP) is 2.00. The van der Waals surface area contributed by atoms with Crippen LogP contribution in [0.15, 0.2) is 24.3 Å². The van der Waals surface area contributed by atoms with E-state index in [0.29, 0.717) is 11.3 Å². The summed E-state index contributed by atoms with van der Waals surface area (Å²) in [5.74, 6) is -2.80. The van der Waals surface area contributed by atoms with E-state index in [0.717, 1.165) is 19.3 Å². The molecule has 0 saturated heterocycles. The lowest BCUT2D eigenvalue weighted by Gasteiger charge is -2.27. The molecule has 1 aromatic rings. The third-order valence-corrected chi connectivity index (χ3v) is 5.08. The van der Waals surface area contributed by atoms with Gasteiger partial charge in [0.05, 0.1) is 18.3 Å². The lowest BCUT2D eigenvalue weighted by molar-refractivity contribution is -0.148. The smallest absolute Gasteiger partial charge is 0.307 e. The SMILES string of the molecule is O=C(O)Cc1ccc(NC(=O)C2C3CCC(C3)C2C(=O)O)cc1. The molecular formula is C17H19NO5. The van der Waals surface area contributed by atoms with Crippen molar-refractivity contribution >= 4 is 23.5 Å². The van der Waals surface area contributed by atoms with Crippen LogP contribution in [0.2, 0.25) is 0 Å². The molecule has 0 heterocycles. The van der Waals surface area contributed by atoms with Gasteiger partial charge in [0.25, 0.3) is 0 Å². The minimum atomic E-state index is -0.909. The Morgan fingerprint density at radius 3 is 2.17 bits per heavy atom. The second-order valence-corrected chi connectivity index (χ2v) is 6.48. The van der Waals surface area contributed by atoms with Crippen molar-refractivity contribution in [1.29, 1.82) is 0 Å². The van der Waals surface area contributed by atoms with Gasteiger partial charge in [-0.1, -0.05) is 12.1 Å². The lowest BCUT2D eigenvalue weighted by atomic mass is 9.78. The second kappa shape index (κ2) is 6.02. The van der Waals surface area contributed by atoms with Gasteiger partial charge >= 0.3 is 11.9 Å². The van der Waals surface area contributed by atoms with E-state index in [1.165, 1.54) is 0 Å². The molecule has 3 rings (SSSR count). The van der Waals surface area contributed by atoms with Crippen molar-refractivity contribution in [2.24, 2.45) is 23.7 Å². The third-order valence-electron chi connectivity index (χ3n) is 5.08. The summed E-state index contributed by atoms with van der Waals surface area (Å²) in [6.07, 6.45) is 2.58. The van der Waals surface area contributed by atoms with Gasteiger partial charge in [-0.15, -0.1) is 0 Å². The Labute approximate surface area is 133 Å². The molecule has 23 heavy (non-hydrogen) atoms. The fourth-order valence-corrected chi connectivity index (χ4v) is 4.13. The number of nitrogens with one attached hydrogen (secondary N) is 1. The molecule has 0 spiro atoms. The Balaban J connectivity index is 1.69. The number of carbonyl (C=O) groups is 3. The van der Waals surface area contributed by atoms with E-state index < -0.39 is 23.8 Å². The van der Waals surface area contributed by atoms with Crippen LogP contribution in [0.4, 0.5) is 5.69 Å². The van der Waals surface area contributed by atoms with Gasteiger partial charge in [0.15, 0.2) is 0 Å². The lowest BCUT2D eigenvalue weighted by Crippen LogP contribution is -2.37. The number of fused-ring (bicyclic) bond motifs is 2. The first-order valence-corrected chi connectivity index (χ1v) is 7.80. The number of hydrogen-bond donors (Lipinski definition) is 3. The highest BCUT2D eigenvalue weighted by Gasteiger charge is 2.53. The van der Waals surface area contributed by atoms with Gasteiger partial charge in [0, 0.05) is 5.69 Å². The van der Waals surface area contributed by atoms with Crippen molar-refractivity contribution in [2.45, 2.75) is 25.7 Å². The fourth-order valence-electron chi connectivity index (χ4n) is 4.13. The van der Waals surface area contributed by atoms with Crippen LogP contribution in [0.3, 0.4) is 0 Å². The number of carbonyl (C=O) groups excluding carboxylic acids is 1. The van der Waals surface area contributed by atoms with Gasteiger partial charge < -0.3 is 15.5 Å². The summed E-state index contributed by atoms with van der Waals surface area (Å²) in [5.41, 5.74) is 1.22. The van der Waals surface area contributed by atoms with Crippen LogP contribution in [0.1, 0.15) is 24.8 Å². The van der Waals surface area contributed by atoms with E-state index in [9.17, 15) is 19.5 Å². The summed E-state index contributed by atoms with van der Waals surface area (Å²) >= 11 is 0. The molecular weight excluding hydrogens is 298 g/mol. The van der Waals surface area contributed by atoms with Crippen LogP contribution in [0.25, 0.3) is 0 Å². The molecule has 0 radical (unpaired) electrons. The Bertz CT molecular complexity index is 639. The highest BCUT2D eigenvalue weighted by atomic mass is 16.4. The average Bonchev–Trinajstić information content (AvgIpc) is 3.09. The second-order valence-electron chi connectivity index (χ2n) is 6.48. The van der Waals surface area contributed by atoms with E-state index >= 15 is 0 Å². The van der Waals surface area contributed by atoms with Crippen LogP contribution >= 0.6 is 0 Å². The van der Waals surface area contributed by atoms with Crippen molar-refractivity contribution < 1.29 is 24.6 Å². The van der Waals surface area contributed by atoms with E-state index in [-0.39, 0.29) is 24.2 Å². The molecule has 3 N–H and O–H groups in total. The Hall–Kier alpha value is -2.37. The van der Waals surface area contributed by atoms with Crippen LogP contribution in [0, 0.1) is 23.7 Å². The zero-order chi connectivity index (χ0) is 16.6. The minimum Gasteiger partial charge on any atom is -0.481 e. The molecule has 2 saturated carbocycles. The maximum atomic E-state index is 12.5. The molecule has 2 fully saturated rings. The number of anilines is 1. The first-order valence-electron chi connectivity index (χ1n) is 7.80. The molecule has 0 aromatic heterocycles. The summed E-state index contributed by atoms with van der Waals surface area (Å²) < 4.78 is 0. The third kappa shape index (κ3) is 3.06. The number of rotatable bonds is 5. The van der Waals surface area contributed by atoms with Gasteiger partial charge in [0.1, 0.15) is 0 Å². The van der Waals surface area contributed by atoms with Crippen LogP contribution in [0.5, 0.6) is 0 Å². The topological polar surface area (TPSA) is 104 Å². The molecule has 6 heteroatoms. The van der Waals surface area contributed by atoms with Gasteiger partial charge in [-0.05, 0) is 48.8 Å². The van der Waals surface area contributed by atoms with E-state index in [2.05, 4.69) is 5.32 Å². The summed E-state index contributed by atoms with van der Waals surface area (Å²) in [7, 11) is 0. The van der Waals surface area contributed by atoms with Crippen LogP contribution in [-0.2, 0) is 20.8 Å². The quantitative estimate of drug-likeness (QED) is 0.770. The zero-order valence-electron chi connectivity index (χ0n) is 12.6. The molecule has 2 aliphatic rings. The van der Waals surface area contributed by atoms with E-state index in [1.54, 1.807) is 24.3 Å². The number of carboxylic acids is 2. The molecule has 122 valence electrons. The van der Waals surface area contributed by atoms with Gasteiger partial charge in [-0.25, -0.2) is 0 Å². The first kappa shape index (κ1) is 15.5. The highest BCUT2D eigenvalue weighted by Crippen LogP contribution is 2.52. The maximum Gasteiger partial charge on any atom is 0.307 e. The van der Waals surface area contributed by atoms with Crippen LogP contribution in [-0.4, -0.2) is 28.1 Å². The Kier molecular flexibility index (Phi) is 4.07. The zero-order valence-corrected chi connectivity index (χ0v) is 12.6. The first-order chi connectivity index (χ1) is 11.0. The summed E-state index contributed by atoms with van der Waals surface area (Å²) in [4.78, 5) is 34.6. The molecule has 1 aromatic carbocycles. The molecule has 6 nitrogen and oxygen atoms in total. The van der Waals surface area contributed by atoms with Crippen molar-refractivity contribution in [1.82, 2.24) is 0 Å². The van der Waals surface area contributed by atoms with Gasteiger partial charge in [-0.3, -0.25) is 14.4 Å². The summed E-state index contributed by atoms with van der Waals surface area (Å²) in [6, 6.07) is 6.61. The normalized spacial score (nSPS) is 28.5. The highest BCUT2D eigenvalue weighted by molar-refractivity contribution is 5.96. The van der Waals surface area contributed by atoms with Crippen molar-refractivity contribution in [3.05, 3.63) is 29.8 Å². The number of carboxylic acid groups (broad SMARTS) is 2. The summed E-state index contributed by atoms with van der Waals surface area (Å²) in [5, 5.41) is 20.9. The maximum absolute atomic E-state index is 12.5. The Morgan fingerprint density at radius 2 is 1.61 bits per heavy atom. The predicted molar refractivity (Wildman–Crippen MR) is 81.9 cm³/mol. The van der Waals surface area contributed by atoms with E-state index in [1.807, 2.05) is 0 Å². The monoisotopic (exact) mass is 317 g/mol.